The molecule has 0 radical (unpaired) electrons. The van der Waals surface area contributed by atoms with E-state index in [1.165, 1.54) is 16.5 Å². The summed E-state index contributed by atoms with van der Waals surface area (Å²) in [7, 11) is 0. The molecule has 3 rings (SSSR count). The Morgan fingerprint density at radius 3 is 2.55 bits per heavy atom. The number of nitrogens with one attached hydrogen (secondary N) is 1. The maximum Gasteiger partial charge on any atom is 0.115 e. The monoisotopic (exact) mass is 266 g/mol. The van der Waals surface area contributed by atoms with Gasteiger partial charge in [0.2, 0.25) is 0 Å². The van der Waals surface area contributed by atoms with Crippen molar-refractivity contribution >= 4 is 16.6 Å². The van der Waals surface area contributed by atoms with Gasteiger partial charge in [0.05, 0.1) is 0 Å². The highest BCUT2D eigenvalue weighted by atomic mass is 16.3. The van der Waals surface area contributed by atoms with Crippen molar-refractivity contribution in [3.63, 3.8) is 0 Å². The van der Waals surface area contributed by atoms with Crippen molar-refractivity contribution in [1.82, 2.24) is 4.57 Å². The summed E-state index contributed by atoms with van der Waals surface area (Å²) in [5, 5.41) is 14.0. The third-order valence-corrected chi connectivity index (χ3v) is 3.56. The molecule has 2 aromatic carbocycles. The van der Waals surface area contributed by atoms with E-state index < -0.39 is 0 Å². The number of phenols is 1. The molecular weight excluding hydrogens is 248 g/mol. The van der Waals surface area contributed by atoms with E-state index in [2.05, 4.69) is 47.3 Å². The largest absolute Gasteiger partial charge is 0.508 e. The summed E-state index contributed by atoms with van der Waals surface area (Å²) >= 11 is 0. The second-order valence-electron chi connectivity index (χ2n) is 4.86. The summed E-state index contributed by atoms with van der Waals surface area (Å²) in [4.78, 5) is 0. The zero-order chi connectivity index (χ0) is 13.9. The van der Waals surface area contributed by atoms with Crippen molar-refractivity contribution in [2.24, 2.45) is 0 Å². The lowest BCUT2D eigenvalue weighted by Crippen LogP contribution is -1.98. The van der Waals surface area contributed by atoms with E-state index in [1.54, 1.807) is 12.1 Å². The topological polar surface area (TPSA) is 37.2 Å². The molecule has 0 unspecified atom stereocenters. The number of benzene rings is 2. The molecule has 0 bridgehead atoms. The molecule has 0 fully saturated rings. The number of aromatic nitrogens is 1. The van der Waals surface area contributed by atoms with E-state index in [1.807, 2.05) is 12.1 Å². The van der Waals surface area contributed by atoms with Gasteiger partial charge in [-0.05, 0) is 42.8 Å². The Hall–Kier alpha value is -2.42. The number of fused-ring (bicyclic) bond motifs is 1. The fraction of sp³-hybridized carbons (Fsp3) is 0.176. The Labute approximate surface area is 118 Å². The summed E-state index contributed by atoms with van der Waals surface area (Å²) in [6.45, 7) is 3.90. The molecule has 3 heteroatoms. The third kappa shape index (κ3) is 2.35. The van der Waals surface area contributed by atoms with Gasteiger partial charge >= 0.3 is 0 Å². The maximum absolute atomic E-state index is 9.29. The zero-order valence-electron chi connectivity index (χ0n) is 11.5. The first-order valence-electron chi connectivity index (χ1n) is 6.87. The molecule has 2 N–H and O–H groups in total. The van der Waals surface area contributed by atoms with Crippen molar-refractivity contribution < 1.29 is 5.11 Å². The van der Waals surface area contributed by atoms with Crippen LogP contribution in [0.2, 0.25) is 0 Å². The predicted molar refractivity (Wildman–Crippen MR) is 83.0 cm³/mol. The summed E-state index contributed by atoms with van der Waals surface area (Å²) in [6.07, 6.45) is 2.21. The van der Waals surface area contributed by atoms with Gasteiger partial charge in [0.15, 0.2) is 0 Å². The highest BCUT2D eigenvalue weighted by molar-refractivity contribution is 5.84. The average Bonchev–Trinajstić information content (AvgIpc) is 2.85. The minimum Gasteiger partial charge on any atom is -0.508 e. The smallest absolute Gasteiger partial charge is 0.115 e. The highest BCUT2D eigenvalue weighted by Gasteiger charge is 2.06. The Morgan fingerprint density at radius 1 is 1.05 bits per heavy atom. The molecule has 0 amide bonds. The van der Waals surface area contributed by atoms with Gasteiger partial charge in [-0.3, -0.25) is 0 Å². The molecule has 0 aliphatic rings. The van der Waals surface area contributed by atoms with E-state index >= 15 is 0 Å². The van der Waals surface area contributed by atoms with Gasteiger partial charge in [0, 0.05) is 35.9 Å². The SMILES string of the molecule is CCn1cc(CNc2ccc(O)cc2)c2ccccc21. The molecule has 3 aromatic rings. The number of para-hydroxylation sites is 1. The van der Waals surface area contributed by atoms with Gasteiger partial charge in [-0.25, -0.2) is 0 Å². The quantitative estimate of drug-likeness (QED) is 0.701. The van der Waals surface area contributed by atoms with Gasteiger partial charge in [-0.2, -0.15) is 0 Å². The molecule has 0 aliphatic carbocycles. The number of phenolic OH excluding ortho intramolecular Hbond substituents is 1. The van der Waals surface area contributed by atoms with Crippen molar-refractivity contribution in [1.29, 1.82) is 0 Å². The van der Waals surface area contributed by atoms with Gasteiger partial charge < -0.3 is 15.0 Å². The van der Waals surface area contributed by atoms with E-state index in [0.29, 0.717) is 0 Å². The van der Waals surface area contributed by atoms with Crippen LogP contribution in [0.1, 0.15) is 12.5 Å². The van der Waals surface area contributed by atoms with Gasteiger partial charge in [0.1, 0.15) is 5.75 Å². The Bertz CT molecular complexity index is 713. The molecule has 0 spiro atoms. The molecule has 0 saturated heterocycles. The summed E-state index contributed by atoms with van der Waals surface area (Å²) in [6, 6.07) is 15.6. The van der Waals surface area contributed by atoms with Crippen LogP contribution in [0.4, 0.5) is 5.69 Å². The Balaban J connectivity index is 1.85. The normalized spacial score (nSPS) is 10.8. The second kappa shape index (κ2) is 5.29. The van der Waals surface area contributed by atoms with Crippen LogP contribution in [0.5, 0.6) is 5.75 Å². The molecule has 1 heterocycles. The molecule has 1 aromatic heterocycles. The van der Waals surface area contributed by atoms with E-state index in [-0.39, 0.29) is 5.75 Å². The van der Waals surface area contributed by atoms with E-state index in [4.69, 9.17) is 0 Å². The standard InChI is InChI=1S/C17H18N2O/c1-2-19-12-13(16-5-3-4-6-17(16)19)11-18-14-7-9-15(20)10-8-14/h3-10,12,18,20H,2,11H2,1H3. The van der Waals surface area contributed by atoms with Crippen LogP contribution in [0.15, 0.2) is 54.7 Å². The van der Waals surface area contributed by atoms with Crippen LogP contribution in [0, 0.1) is 0 Å². The average molecular weight is 266 g/mol. The molecule has 102 valence electrons. The van der Waals surface area contributed by atoms with Crippen molar-refractivity contribution in [3.8, 4) is 5.75 Å². The van der Waals surface area contributed by atoms with Crippen molar-refractivity contribution in [2.45, 2.75) is 20.0 Å². The minimum atomic E-state index is 0.290. The number of hydrogen-bond donors (Lipinski definition) is 2. The predicted octanol–water partition coefficient (Wildman–Crippen LogP) is 3.98. The first-order valence-corrected chi connectivity index (χ1v) is 6.87. The van der Waals surface area contributed by atoms with Crippen molar-refractivity contribution in [2.75, 3.05) is 5.32 Å². The third-order valence-electron chi connectivity index (χ3n) is 3.56. The number of aryl methyl sites for hydroxylation is 1. The van der Waals surface area contributed by atoms with Crippen LogP contribution >= 0.6 is 0 Å². The van der Waals surface area contributed by atoms with Crippen molar-refractivity contribution in [3.05, 3.63) is 60.3 Å². The van der Waals surface area contributed by atoms with Crippen LogP contribution < -0.4 is 5.32 Å². The fourth-order valence-corrected chi connectivity index (χ4v) is 2.50. The van der Waals surface area contributed by atoms with Crippen LogP contribution in [0.25, 0.3) is 10.9 Å². The van der Waals surface area contributed by atoms with Crippen LogP contribution in [-0.2, 0) is 13.1 Å². The lowest BCUT2D eigenvalue weighted by molar-refractivity contribution is 0.475. The first kappa shape index (κ1) is 12.6. The van der Waals surface area contributed by atoms with E-state index in [0.717, 1.165) is 18.8 Å². The first-order chi connectivity index (χ1) is 9.78. The molecule has 0 atom stereocenters. The van der Waals surface area contributed by atoms with Gasteiger partial charge in [0.25, 0.3) is 0 Å². The summed E-state index contributed by atoms with van der Waals surface area (Å²) in [5.41, 5.74) is 3.57. The maximum atomic E-state index is 9.29. The number of aromatic hydroxyl groups is 1. The summed E-state index contributed by atoms with van der Waals surface area (Å²) < 4.78 is 2.27. The van der Waals surface area contributed by atoms with Gasteiger partial charge in [-0.1, -0.05) is 18.2 Å². The Kier molecular flexibility index (Phi) is 3.33. The van der Waals surface area contributed by atoms with Crippen LogP contribution in [0.3, 0.4) is 0 Å². The lowest BCUT2D eigenvalue weighted by Gasteiger charge is -2.05. The van der Waals surface area contributed by atoms with Crippen LogP contribution in [-0.4, -0.2) is 9.67 Å². The molecule has 3 nitrogen and oxygen atoms in total. The molecule has 0 aliphatic heterocycles. The highest BCUT2D eigenvalue weighted by Crippen LogP contribution is 2.22. The number of hydrogen-bond acceptors (Lipinski definition) is 2. The van der Waals surface area contributed by atoms with Gasteiger partial charge in [-0.15, -0.1) is 0 Å². The number of rotatable bonds is 4. The Morgan fingerprint density at radius 2 is 1.80 bits per heavy atom. The summed E-state index contributed by atoms with van der Waals surface area (Å²) in [5.74, 6) is 0.290. The number of anilines is 1. The zero-order valence-corrected chi connectivity index (χ0v) is 11.5. The fourth-order valence-electron chi connectivity index (χ4n) is 2.50. The second-order valence-corrected chi connectivity index (χ2v) is 4.86. The minimum absolute atomic E-state index is 0.290. The molecular formula is C17H18N2O. The van der Waals surface area contributed by atoms with E-state index in [9.17, 15) is 5.11 Å². The number of nitrogens with zero attached hydrogens (tertiary/aromatic N) is 1. The lowest BCUT2D eigenvalue weighted by atomic mass is 10.2. The molecule has 20 heavy (non-hydrogen) atoms. The molecule has 0 saturated carbocycles.